The van der Waals surface area contributed by atoms with Crippen LogP contribution in [0.3, 0.4) is 0 Å². The molecule has 0 aromatic heterocycles. The molecule has 4 aliphatic rings. The minimum atomic E-state index is -1.26. The summed E-state index contributed by atoms with van der Waals surface area (Å²) >= 11 is 0. The molecular formula is C29H44BF2N5O4. The van der Waals surface area contributed by atoms with Gasteiger partial charge in [-0.15, -0.1) is 0 Å². The molecule has 3 saturated carbocycles. The summed E-state index contributed by atoms with van der Waals surface area (Å²) in [5.41, 5.74) is 4.97. The van der Waals surface area contributed by atoms with E-state index in [1.807, 2.05) is 0 Å². The first-order chi connectivity index (χ1) is 19.3. The predicted octanol–water partition coefficient (Wildman–Crippen LogP) is 3.18. The van der Waals surface area contributed by atoms with Crippen molar-refractivity contribution >= 4 is 24.9 Å². The fourth-order valence-electron chi connectivity index (χ4n) is 6.89. The third kappa shape index (κ3) is 6.38. The van der Waals surface area contributed by atoms with Crippen LogP contribution in [0.4, 0.5) is 8.78 Å². The van der Waals surface area contributed by atoms with Gasteiger partial charge in [0.2, 0.25) is 5.91 Å². The summed E-state index contributed by atoms with van der Waals surface area (Å²) in [6.45, 7) is 11.2. The Bertz CT molecular complexity index is 1170. The molecule has 3 aliphatic carbocycles. The molecule has 1 saturated heterocycles. The average Bonchev–Trinajstić information content (AvgIpc) is 3.28. The van der Waals surface area contributed by atoms with Crippen molar-refractivity contribution in [1.82, 2.24) is 16.0 Å². The van der Waals surface area contributed by atoms with E-state index in [0.29, 0.717) is 31.2 Å². The highest BCUT2D eigenvalue weighted by molar-refractivity contribution is 6.48. The lowest BCUT2D eigenvalue weighted by Crippen LogP contribution is -2.65. The Hall–Kier alpha value is -2.73. The second-order valence-corrected chi connectivity index (χ2v) is 12.9. The van der Waals surface area contributed by atoms with Gasteiger partial charge in [-0.05, 0) is 74.3 Å². The molecule has 4 fully saturated rings. The zero-order valence-corrected chi connectivity index (χ0v) is 24.9. The number of aliphatic imine (C=N–C) groups is 1. The summed E-state index contributed by atoms with van der Waals surface area (Å²) in [7, 11) is 0.917. The van der Waals surface area contributed by atoms with Crippen LogP contribution >= 0.6 is 0 Å². The topological polar surface area (TPSA) is 127 Å². The number of nitrogens with zero attached hydrogens (tertiary/aromatic N) is 1. The van der Waals surface area contributed by atoms with Gasteiger partial charge in [-0.1, -0.05) is 33.8 Å². The second kappa shape index (κ2) is 12.3. The number of nitrogens with one attached hydrogen (secondary N) is 3. The number of hydrogen-bond donors (Lipinski definition) is 4. The van der Waals surface area contributed by atoms with Gasteiger partial charge in [0.15, 0.2) is 17.6 Å². The van der Waals surface area contributed by atoms with Gasteiger partial charge < -0.3 is 31.0 Å². The first-order valence-electron chi connectivity index (χ1n) is 14.6. The molecule has 1 aromatic carbocycles. The van der Waals surface area contributed by atoms with Gasteiger partial charge in [0.1, 0.15) is 6.04 Å². The van der Waals surface area contributed by atoms with Gasteiger partial charge >= 0.3 is 7.12 Å². The summed E-state index contributed by atoms with van der Waals surface area (Å²) < 4.78 is 41.3. The van der Waals surface area contributed by atoms with Crippen molar-refractivity contribution in [2.24, 2.45) is 33.9 Å². The first-order valence-corrected chi connectivity index (χ1v) is 14.6. The van der Waals surface area contributed by atoms with E-state index in [4.69, 9.17) is 15.0 Å². The molecule has 0 unspecified atom stereocenters. The second-order valence-electron chi connectivity index (χ2n) is 12.9. The molecule has 9 nitrogen and oxygen atoms in total. The third-order valence-corrected chi connectivity index (χ3v) is 9.38. The van der Waals surface area contributed by atoms with Crippen molar-refractivity contribution in [3.05, 3.63) is 35.4 Å². The monoisotopic (exact) mass is 575 g/mol. The Morgan fingerprint density at radius 2 is 1.93 bits per heavy atom. The van der Waals surface area contributed by atoms with E-state index in [0.717, 1.165) is 18.9 Å². The van der Waals surface area contributed by atoms with Gasteiger partial charge in [0.05, 0.1) is 23.2 Å². The molecule has 6 atom stereocenters. The van der Waals surface area contributed by atoms with E-state index >= 15 is 0 Å². The minimum absolute atomic E-state index is 0.0425. The van der Waals surface area contributed by atoms with Crippen LogP contribution in [0.2, 0.25) is 0 Å². The summed E-state index contributed by atoms with van der Waals surface area (Å²) in [5.74, 6) is -2.75. The number of carbonyl (C=O) groups excluding carboxylic acids is 2. The van der Waals surface area contributed by atoms with Crippen LogP contribution in [0.15, 0.2) is 23.2 Å². The van der Waals surface area contributed by atoms with Crippen molar-refractivity contribution in [1.29, 1.82) is 0 Å². The van der Waals surface area contributed by atoms with Gasteiger partial charge in [-0.3, -0.25) is 14.6 Å². The average molecular weight is 576 g/mol. The largest absolute Gasteiger partial charge is 0.481 e. The number of halogens is 2. The Morgan fingerprint density at radius 1 is 1.20 bits per heavy atom. The Balaban J connectivity index is 1.49. The van der Waals surface area contributed by atoms with Crippen molar-refractivity contribution in [3.8, 4) is 0 Å². The maximum absolute atomic E-state index is 14.4. The number of hydrogen-bond acceptors (Lipinski definition) is 5. The van der Waals surface area contributed by atoms with Gasteiger partial charge in [-0.2, -0.15) is 0 Å². The van der Waals surface area contributed by atoms with Crippen molar-refractivity contribution in [3.63, 3.8) is 0 Å². The third-order valence-electron chi connectivity index (χ3n) is 9.38. The van der Waals surface area contributed by atoms with E-state index in [2.05, 4.69) is 55.6 Å². The van der Waals surface area contributed by atoms with E-state index in [-0.39, 0.29) is 29.8 Å². The molecule has 1 heterocycles. The van der Waals surface area contributed by atoms with E-state index in [1.165, 1.54) is 12.1 Å². The summed E-state index contributed by atoms with van der Waals surface area (Å²) in [6.07, 6.45) is 3.26. The zero-order valence-electron chi connectivity index (χ0n) is 24.9. The molecule has 5 N–H and O–H groups in total. The van der Waals surface area contributed by atoms with Crippen LogP contribution in [0.25, 0.3) is 0 Å². The Morgan fingerprint density at radius 3 is 2.59 bits per heavy atom. The number of carbonyl (C=O) groups is 2. The van der Waals surface area contributed by atoms with Crippen LogP contribution in [-0.2, 0) is 14.1 Å². The quantitative estimate of drug-likeness (QED) is 0.139. The van der Waals surface area contributed by atoms with Crippen molar-refractivity contribution < 1.29 is 27.7 Å². The lowest BCUT2D eigenvalue weighted by molar-refractivity contribution is -0.199. The summed E-state index contributed by atoms with van der Waals surface area (Å²) in [5, 5.41) is 8.60. The minimum Gasteiger partial charge on any atom is -0.404 e. The zero-order chi connectivity index (χ0) is 30.1. The molecular weight excluding hydrogens is 531 g/mol. The van der Waals surface area contributed by atoms with E-state index in [9.17, 15) is 18.4 Å². The molecule has 0 radical (unpaired) electrons. The summed E-state index contributed by atoms with van der Waals surface area (Å²) in [4.78, 5) is 30.5. The molecule has 1 aromatic rings. The van der Waals surface area contributed by atoms with Crippen LogP contribution in [0, 0.1) is 34.8 Å². The number of rotatable bonds is 11. The number of amides is 2. The van der Waals surface area contributed by atoms with E-state index in [1.54, 1.807) is 7.05 Å². The lowest BCUT2D eigenvalue weighted by atomic mass is 9.43. The molecule has 12 heteroatoms. The van der Waals surface area contributed by atoms with Gasteiger partial charge in [-0.25, -0.2) is 8.78 Å². The highest BCUT2D eigenvalue weighted by atomic mass is 19.2. The van der Waals surface area contributed by atoms with Crippen molar-refractivity contribution in [2.45, 2.75) is 90.4 Å². The SMILES string of the molecule is CN=C(N)NCCC[C@H](NC(=O)c1cccc(F)c1F)C(=O)N[C@@H](CC(C)C)B1O[C@@H]2C[C@@H]3C[C@@H](C3(C)C)[C@]2(C)O1. The molecule has 0 spiro atoms. The highest BCUT2D eigenvalue weighted by Crippen LogP contribution is 2.65. The fraction of sp³-hybridized carbons (Fsp3) is 0.690. The smallest absolute Gasteiger partial charge is 0.404 e. The molecule has 1 aliphatic heterocycles. The molecule has 2 bridgehead atoms. The molecule has 2 amide bonds. The predicted molar refractivity (Wildman–Crippen MR) is 154 cm³/mol. The maximum atomic E-state index is 14.4. The molecule has 226 valence electrons. The standard InChI is InChI=1S/C29H44BF2N5O4/c1-16(2)13-23(30-40-22-15-17-14-21(28(17,3)4)29(22,5)41-30)37-26(39)20(11-8-12-35-27(33)34-6)36-25(38)18-9-7-10-19(31)24(18)32/h7,9-10,16-17,20-23H,8,11-15H2,1-6H3,(H,36,38)(H,37,39)(H3,33,34,35)/t17-,20-,21-,22+,23-,29-/m0/s1. The number of nitrogens with two attached hydrogens (primary N) is 1. The van der Waals surface area contributed by atoms with Gasteiger partial charge in [0, 0.05) is 13.6 Å². The van der Waals surface area contributed by atoms with Crippen LogP contribution < -0.4 is 21.7 Å². The Kier molecular flexibility index (Phi) is 9.33. The lowest BCUT2D eigenvalue weighted by Gasteiger charge is -2.64. The maximum Gasteiger partial charge on any atom is 0.481 e. The van der Waals surface area contributed by atoms with Gasteiger partial charge in [0.25, 0.3) is 5.91 Å². The van der Waals surface area contributed by atoms with Crippen LogP contribution in [0.5, 0.6) is 0 Å². The fourth-order valence-corrected chi connectivity index (χ4v) is 6.89. The normalized spacial score (nSPS) is 28.0. The number of guanidine groups is 1. The van der Waals surface area contributed by atoms with Crippen LogP contribution in [0.1, 0.15) is 77.1 Å². The van der Waals surface area contributed by atoms with Crippen molar-refractivity contribution in [2.75, 3.05) is 13.6 Å². The highest BCUT2D eigenvalue weighted by Gasteiger charge is 2.68. The summed E-state index contributed by atoms with van der Waals surface area (Å²) in [6, 6.07) is 2.34. The first kappa shape index (κ1) is 31.2. The van der Waals surface area contributed by atoms with Crippen LogP contribution in [-0.4, -0.2) is 62.2 Å². The Labute approximate surface area is 241 Å². The van der Waals surface area contributed by atoms with E-state index < -0.39 is 53.7 Å². The molecule has 5 rings (SSSR count). The molecule has 41 heavy (non-hydrogen) atoms. The number of benzene rings is 1.